The molecule has 6 nitrogen and oxygen atoms in total. The number of likely N-dealkylation sites (tertiary alicyclic amines) is 1. The molecule has 1 atom stereocenters. The monoisotopic (exact) mass is 269 g/mol. The Hall–Kier alpha value is -1.30. The van der Waals surface area contributed by atoms with Crippen LogP contribution in [-0.2, 0) is 4.79 Å². The molecular weight excluding hydrogens is 246 g/mol. The topological polar surface area (TPSA) is 95.7 Å². The molecule has 0 spiro atoms. The smallest absolute Gasteiger partial charge is 0.317 e. The molecule has 0 aromatic rings. The van der Waals surface area contributed by atoms with Crippen LogP contribution in [0.5, 0.6) is 0 Å². The predicted octanol–water partition coefficient (Wildman–Crippen LogP) is 0.762. The Morgan fingerprint density at radius 1 is 1.16 bits per heavy atom. The summed E-state index contributed by atoms with van der Waals surface area (Å²) >= 11 is 0. The number of hydrogen-bond acceptors (Lipinski definition) is 3. The van der Waals surface area contributed by atoms with E-state index in [1.165, 1.54) is 0 Å². The molecule has 0 aromatic heterocycles. The fourth-order valence-corrected chi connectivity index (χ4v) is 2.95. The van der Waals surface area contributed by atoms with E-state index in [4.69, 9.17) is 10.8 Å². The zero-order chi connectivity index (χ0) is 13.8. The van der Waals surface area contributed by atoms with Gasteiger partial charge in [-0.2, -0.15) is 0 Å². The molecule has 6 heteroatoms. The minimum Gasteiger partial charge on any atom is -0.481 e. The molecule has 2 aliphatic rings. The van der Waals surface area contributed by atoms with Crippen LogP contribution in [0.2, 0.25) is 0 Å². The standard InChI is InChI=1S/C13H23N3O3/c14-10-2-1-7-16(8-10)13(19)15-11-5-3-9(4-6-11)12(17)18/h9-11H,1-8,14H2,(H,15,19)(H,17,18). The summed E-state index contributed by atoms with van der Waals surface area (Å²) in [4.78, 5) is 24.7. The van der Waals surface area contributed by atoms with Crippen LogP contribution in [0.15, 0.2) is 0 Å². The van der Waals surface area contributed by atoms with E-state index in [1.54, 1.807) is 4.90 Å². The number of nitrogens with two attached hydrogens (primary N) is 1. The average molecular weight is 269 g/mol. The van der Waals surface area contributed by atoms with E-state index < -0.39 is 5.97 Å². The third kappa shape index (κ3) is 3.83. The van der Waals surface area contributed by atoms with Crippen molar-refractivity contribution in [1.29, 1.82) is 0 Å². The van der Waals surface area contributed by atoms with Gasteiger partial charge in [-0.05, 0) is 38.5 Å². The minimum absolute atomic E-state index is 0.0473. The van der Waals surface area contributed by atoms with Crippen LogP contribution in [0.4, 0.5) is 4.79 Å². The van der Waals surface area contributed by atoms with Gasteiger partial charge in [0.25, 0.3) is 0 Å². The van der Waals surface area contributed by atoms with Gasteiger partial charge in [-0.15, -0.1) is 0 Å². The third-order valence-electron chi connectivity index (χ3n) is 4.15. The lowest BCUT2D eigenvalue weighted by Crippen LogP contribution is -2.52. The van der Waals surface area contributed by atoms with Crippen LogP contribution in [0.1, 0.15) is 38.5 Å². The van der Waals surface area contributed by atoms with Crippen LogP contribution in [0.25, 0.3) is 0 Å². The quantitative estimate of drug-likeness (QED) is 0.689. The second-order valence-electron chi connectivity index (χ2n) is 5.68. The molecule has 0 aromatic carbocycles. The van der Waals surface area contributed by atoms with Gasteiger partial charge in [0.15, 0.2) is 0 Å². The average Bonchev–Trinajstić information content (AvgIpc) is 2.39. The SMILES string of the molecule is NC1CCCN(C(=O)NC2CCC(C(=O)O)CC2)C1. The molecule has 0 bridgehead atoms. The highest BCUT2D eigenvalue weighted by molar-refractivity contribution is 5.75. The molecule has 108 valence electrons. The second kappa shape index (κ2) is 6.23. The van der Waals surface area contributed by atoms with E-state index >= 15 is 0 Å². The van der Waals surface area contributed by atoms with Crippen LogP contribution < -0.4 is 11.1 Å². The first-order valence-corrected chi connectivity index (χ1v) is 7.10. The van der Waals surface area contributed by atoms with E-state index in [0.29, 0.717) is 19.4 Å². The molecule has 2 rings (SSSR count). The molecule has 1 saturated heterocycles. The van der Waals surface area contributed by atoms with Crippen molar-refractivity contribution < 1.29 is 14.7 Å². The van der Waals surface area contributed by atoms with Gasteiger partial charge >= 0.3 is 12.0 Å². The van der Waals surface area contributed by atoms with E-state index in [0.717, 1.165) is 32.2 Å². The molecule has 1 saturated carbocycles. The van der Waals surface area contributed by atoms with Gasteiger partial charge in [0.2, 0.25) is 0 Å². The van der Waals surface area contributed by atoms with Gasteiger partial charge in [-0.1, -0.05) is 0 Å². The van der Waals surface area contributed by atoms with Crippen molar-refractivity contribution in [2.45, 2.75) is 50.6 Å². The van der Waals surface area contributed by atoms with E-state index in [-0.39, 0.29) is 24.0 Å². The Morgan fingerprint density at radius 2 is 1.84 bits per heavy atom. The Labute approximate surface area is 113 Å². The molecule has 2 fully saturated rings. The number of aliphatic carboxylic acids is 1. The molecule has 0 radical (unpaired) electrons. The first-order chi connectivity index (χ1) is 9.06. The zero-order valence-corrected chi connectivity index (χ0v) is 11.2. The van der Waals surface area contributed by atoms with Crippen molar-refractivity contribution in [2.24, 2.45) is 11.7 Å². The molecule has 1 unspecified atom stereocenters. The number of nitrogens with zero attached hydrogens (tertiary/aromatic N) is 1. The van der Waals surface area contributed by atoms with Gasteiger partial charge in [0, 0.05) is 25.2 Å². The lowest BCUT2D eigenvalue weighted by Gasteiger charge is -2.33. The molecule has 1 heterocycles. The fourth-order valence-electron chi connectivity index (χ4n) is 2.95. The lowest BCUT2D eigenvalue weighted by atomic mass is 9.86. The summed E-state index contributed by atoms with van der Waals surface area (Å²) in [6.07, 6.45) is 4.75. The molecule has 1 aliphatic heterocycles. The van der Waals surface area contributed by atoms with Crippen LogP contribution in [-0.4, -0.2) is 47.2 Å². The Kier molecular flexibility index (Phi) is 4.63. The first-order valence-electron chi connectivity index (χ1n) is 7.10. The van der Waals surface area contributed by atoms with Crippen molar-refractivity contribution in [3.8, 4) is 0 Å². The normalized spacial score (nSPS) is 31.8. The van der Waals surface area contributed by atoms with Crippen LogP contribution >= 0.6 is 0 Å². The fraction of sp³-hybridized carbons (Fsp3) is 0.846. The number of carboxylic acid groups (broad SMARTS) is 1. The maximum Gasteiger partial charge on any atom is 0.317 e. The summed E-state index contributed by atoms with van der Waals surface area (Å²) in [5.41, 5.74) is 5.86. The van der Waals surface area contributed by atoms with E-state index in [2.05, 4.69) is 5.32 Å². The molecule has 2 amide bonds. The van der Waals surface area contributed by atoms with Crippen LogP contribution in [0, 0.1) is 5.92 Å². The Bertz CT molecular complexity index is 340. The summed E-state index contributed by atoms with van der Waals surface area (Å²) in [5, 5.41) is 11.9. The Morgan fingerprint density at radius 3 is 2.42 bits per heavy atom. The largest absolute Gasteiger partial charge is 0.481 e. The first kappa shape index (κ1) is 14.1. The number of amides is 2. The number of carbonyl (C=O) groups is 2. The molecule has 1 aliphatic carbocycles. The van der Waals surface area contributed by atoms with Gasteiger partial charge in [0.1, 0.15) is 0 Å². The number of nitrogens with one attached hydrogen (secondary N) is 1. The number of carbonyl (C=O) groups excluding carboxylic acids is 1. The summed E-state index contributed by atoms with van der Waals surface area (Å²) in [5.74, 6) is -0.955. The van der Waals surface area contributed by atoms with E-state index in [1.807, 2.05) is 0 Å². The number of urea groups is 1. The highest BCUT2D eigenvalue weighted by Gasteiger charge is 2.28. The number of hydrogen-bond donors (Lipinski definition) is 3. The summed E-state index contributed by atoms with van der Waals surface area (Å²) in [7, 11) is 0. The Balaban J connectivity index is 1.75. The molecule has 4 N–H and O–H groups in total. The number of carboxylic acids is 1. The number of rotatable bonds is 2. The van der Waals surface area contributed by atoms with Crippen molar-refractivity contribution in [2.75, 3.05) is 13.1 Å². The van der Waals surface area contributed by atoms with Gasteiger partial charge in [-0.25, -0.2) is 4.79 Å². The van der Waals surface area contributed by atoms with Gasteiger partial charge in [0.05, 0.1) is 5.92 Å². The van der Waals surface area contributed by atoms with Crippen molar-refractivity contribution in [3.63, 3.8) is 0 Å². The van der Waals surface area contributed by atoms with Crippen molar-refractivity contribution in [3.05, 3.63) is 0 Å². The maximum absolute atomic E-state index is 12.1. The number of piperidine rings is 1. The highest BCUT2D eigenvalue weighted by atomic mass is 16.4. The maximum atomic E-state index is 12.1. The molecular formula is C13H23N3O3. The van der Waals surface area contributed by atoms with Gasteiger partial charge in [-0.3, -0.25) is 4.79 Å². The molecule has 19 heavy (non-hydrogen) atoms. The van der Waals surface area contributed by atoms with Gasteiger partial charge < -0.3 is 21.1 Å². The van der Waals surface area contributed by atoms with Crippen molar-refractivity contribution in [1.82, 2.24) is 10.2 Å². The minimum atomic E-state index is -0.716. The van der Waals surface area contributed by atoms with Crippen molar-refractivity contribution >= 4 is 12.0 Å². The third-order valence-corrected chi connectivity index (χ3v) is 4.15. The summed E-state index contributed by atoms with van der Waals surface area (Å²) in [6, 6.07) is 0.150. The highest BCUT2D eigenvalue weighted by Crippen LogP contribution is 2.24. The summed E-state index contributed by atoms with van der Waals surface area (Å²) < 4.78 is 0. The van der Waals surface area contributed by atoms with E-state index in [9.17, 15) is 9.59 Å². The zero-order valence-electron chi connectivity index (χ0n) is 11.2. The van der Waals surface area contributed by atoms with Crippen LogP contribution in [0.3, 0.4) is 0 Å². The lowest BCUT2D eigenvalue weighted by molar-refractivity contribution is -0.142. The second-order valence-corrected chi connectivity index (χ2v) is 5.68. The predicted molar refractivity (Wildman–Crippen MR) is 70.7 cm³/mol. The summed E-state index contributed by atoms with van der Waals surface area (Å²) in [6.45, 7) is 1.39.